The molecule has 2 N–H and O–H groups in total. The summed E-state index contributed by atoms with van der Waals surface area (Å²) >= 11 is 0. The monoisotopic (exact) mass is 267 g/mol. The molecule has 2 rings (SSSR count). The van der Waals surface area contributed by atoms with E-state index in [0.29, 0.717) is 6.42 Å². The lowest BCUT2D eigenvalue weighted by Gasteiger charge is -2.22. The molecular weight excluding hydrogens is 253 g/mol. The second-order valence-corrected chi connectivity index (χ2v) is 4.74. The number of amides is 1. The summed E-state index contributed by atoms with van der Waals surface area (Å²) in [5, 5.41) is 16.1. The number of halogens is 1. The Labute approximate surface area is 109 Å². The smallest absolute Gasteiger partial charge is 0.304 e. The number of anilines is 1. The maximum Gasteiger partial charge on any atom is 0.304 e. The molecule has 19 heavy (non-hydrogen) atoms. The van der Waals surface area contributed by atoms with Crippen molar-refractivity contribution in [1.82, 2.24) is 5.32 Å². The highest BCUT2D eigenvalue weighted by atomic mass is 19.1. The highest BCUT2D eigenvalue weighted by Gasteiger charge is 2.35. The van der Waals surface area contributed by atoms with Crippen LogP contribution in [0.15, 0.2) is 18.2 Å². The summed E-state index contributed by atoms with van der Waals surface area (Å²) in [6, 6.07) is 3.31. The number of carbonyl (C=O) groups excluding carboxylic acids is 1. The molecule has 1 saturated heterocycles. The predicted octanol–water partition coefficient (Wildman–Crippen LogP) is 1.81. The van der Waals surface area contributed by atoms with Crippen LogP contribution in [0.25, 0.3) is 0 Å². The van der Waals surface area contributed by atoms with E-state index in [1.165, 1.54) is 6.07 Å². The van der Waals surface area contributed by atoms with Crippen LogP contribution in [-0.2, 0) is 4.79 Å². The molecule has 0 radical (unpaired) electrons. The second-order valence-electron chi connectivity index (χ2n) is 4.74. The van der Waals surface area contributed by atoms with E-state index in [9.17, 15) is 19.3 Å². The van der Waals surface area contributed by atoms with Crippen molar-refractivity contribution < 1.29 is 14.1 Å². The normalized spacial score (nSPS) is 22.2. The number of nitrogens with zero attached hydrogens (tertiary/aromatic N) is 1. The quantitative estimate of drug-likeness (QED) is 0.646. The van der Waals surface area contributed by atoms with E-state index in [0.717, 1.165) is 25.1 Å². The minimum absolute atomic E-state index is 0.211. The van der Waals surface area contributed by atoms with Crippen molar-refractivity contribution in [3.63, 3.8) is 0 Å². The summed E-state index contributed by atoms with van der Waals surface area (Å²) in [7, 11) is 0. The first-order chi connectivity index (χ1) is 8.92. The van der Waals surface area contributed by atoms with Crippen LogP contribution in [-0.4, -0.2) is 22.9 Å². The maximum absolute atomic E-state index is 13.4. The lowest BCUT2D eigenvalue weighted by Crippen LogP contribution is -2.47. The van der Waals surface area contributed by atoms with E-state index >= 15 is 0 Å². The Balaban J connectivity index is 2.13. The third-order valence-corrected chi connectivity index (χ3v) is 3.27. The first-order valence-electron chi connectivity index (χ1n) is 5.93. The molecule has 1 aliphatic rings. The van der Waals surface area contributed by atoms with Gasteiger partial charge in [-0.25, -0.2) is 0 Å². The number of nitrogens with one attached hydrogen (secondary N) is 2. The van der Waals surface area contributed by atoms with Crippen LogP contribution in [0.5, 0.6) is 0 Å². The zero-order valence-corrected chi connectivity index (χ0v) is 10.4. The largest absolute Gasteiger partial charge is 0.324 e. The highest BCUT2D eigenvalue weighted by molar-refractivity contribution is 5.98. The average Bonchev–Trinajstić information content (AvgIpc) is 2.77. The number of hydrogen-bond acceptors (Lipinski definition) is 4. The molecule has 1 aromatic rings. The molecule has 0 saturated carbocycles. The average molecular weight is 267 g/mol. The van der Waals surface area contributed by atoms with Gasteiger partial charge in [0.25, 0.3) is 0 Å². The van der Waals surface area contributed by atoms with E-state index < -0.39 is 22.0 Å². The fourth-order valence-corrected chi connectivity index (χ4v) is 2.09. The Kier molecular flexibility index (Phi) is 3.48. The summed E-state index contributed by atoms with van der Waals surface area (Å²) in [4.78, 5) is 21.7. The van der Waals surface area contributed by atoms with Gasteiger partial charge in [0.15, 0.2) is 0 Å². The van der Waals surface area contributed by atoms with Crippen molar-refractivity contribution in [2.24, 2.45) is 0 Å². The van der Waals surface area contributed by atoms with Gasteiger partial charge >= 0.3 is 5.69 Å². The van der Waals surface area contributed by atoms with Crippen LogP contribution in [0, 0.1) is 15.9 Å². The molecule has 0 aromatic heterocycles. The van der Waals surface area contributed by atoms with Crippen LogP contribution in [0.2, 0.25) is 0 Å². The van der Waals surface area contributed by atoms with Crippen LogP contribution in [0.3, 0.4) is 0 Å². The molecule has 0 spiro atoms. The summed E-state index contributed by atoms with van der Waals surface area (Å²) in [5.41, 5.74) is -1.07. The van der Waals surface area contributed by atoms with Gasteiger partial charge in [0.2, 0.25) is 11.7 Å². The van der Waals surface area contributed by atoms with Crippen LogP contribution in [0.4, 0.5) is 15.8 Å². The molecule has 7 heteroatoms. The Morgan fingerprint density at radius 2 is 2.32 bits per heavy atom. The third kappa shape index (κ3) is 2.70. The van der Waals surface area contributed by atoms with Gasteiger partial charge in [0.05, 0.1) is 10.5 Å². The van der Waals surface area contributed by atoms with Crippen molar-refractivity contribution in [2.75, 3.05) is 11.9 Å². The van der Waals surface area contributed by atoms with Crippen LogP contribution < -0.4 is 10.6 Å². The van der Waals surface area contributed by atoms with Crippen molar-refractivity contribution in [3.8, 4) is 0 Å². The number of carbonyl (C=O) groups is 1. The number of hydrogen-bond donors (Lipinski definition) is 2. The molecule has 0 bridgehead atoms. The molecule has 1 atom stereocenters. The van der Waals surface area contributed by atoms with E-state index in [1.807, 2.05) is 0 Å². The predicted molar refractivity (Wildman–Crippen MR) is 67.3 cm³/mol. The van der Waals surface area contributed by atoms with Crippen molar-refractivity contribution >= 4 is 17.3 Å². The van der Waals surface area contributed by atoms with Crippen molar-refractivity contribution in [3.05, 3.63) is 34.1 Å². The molecule has 1 amide bonds. The van der Waals surface area contributed by atoms with Gasteiger partial charge in [-0.2, -0.15) is 4.39 Å². The van der Waals surface area contributed by atoms with Gasteiger partial charge < -0.3 is 10.6 Å². The van der Waals surface area contributed by atoms with Gasteiger partial charge in [-0.1, -0.05) is 0 Å². The maximum atomic E-state index is 13.4. The second kappa shape index (κ2) is 4.93. The fourth-order valence-electron chi connectivity index (χ4n) is 2.09. The minimum atomic E-state index is -0.965. The molecule has 1 aliphatic heterocycles. The van der Waals surface area contributed by atoms with Crippen molar-refractivity contribution in [2.45, 2.75) is 25.3 Å². The number of rotatable bonds is 3. The van der Waals surface area contributed by atoms with Gasteiger partial charge in [0.1, 0.15) is 0 Å². The molecule has 1 fully saturated rings. The van der Waals surface area contributed by atoms with E-state index in [-0.39, 0.29) is 11.6 Å². The Morgan fingerprint density at radius 1 is 1.58 bits per heavy atom. The standard InChI is InChI=1S/C12H14FN3O3/c1-12(5-2-6-14-12)11(17)15-8-3-4-10(16(18)19)9(13)7-8/h3-4,7,14H,2,5-6H2,1H3,(H,15,17). The lowest BCUT2D eigenvalue weighted by atomic mass is 9.99. The summed E-state index contributed by atoms with van der Waals surface area (Å²) in [6.45, 7) is 2.54. The molecule has 1 unspecified atom stereocenters. The fraction of sp³-hybridized carbons (Fsp3) is 0.417. The lowest BCUT2D eigenvalue weighted by molar-refractivity contribution is -0.387. The number of nitro groups is 1. The SMILES string of the molecule is CC1(C(=O)Nc2ccc([N+](=O)[O-])c(F)c2)CCCN1. The molecule has 1 aromatic carbocycles. The van der Waals surface area contributed by atoms with E-state index in [1.54, 1.807) is 6.92 Å². The highest BCUT2D eigenvalue weighted by Crippen LogP contribution is 2.24. The topological polar surface area (TPSA) is 84.3 Å². The molecule has 6 nitrogen and oxygen atoms in total. The van der Waals surface area contributed by atoms with E-state index in [2.05, 4.69) is 10.6 Å². The first-order valence-corrected chi connectivity index (χ1v) is 5.93. The Bertz CT molecular complexity index is 527. The zero-order valence-electron chi connectivity index (χ0n) is 10.4. The Morgan fingerprint density at radius 3 is 2.84 bits per heavy atom. The Hall–Kier alpha value is -2.02. The summed E-state index contributed by atoms with van der Waals surface area (Å²) < 4.78 is 13.4. The number of nitro benzene ring substituents is 1. The van der Waals surface area contributed by atoms with E-state index in [4.69, 9.17) is 0 Å². The number of benzene rings is 1. The van der Waals surface area contributed by atoms with Crippen LogP contribution in [0.1, 0.15) is 19.8 Å². The van der Waals surface area contributed by atoms with Gasteiger partial charge in [-0.15, -0.1) is 0 Å². The molecule has 0 aliphatic carbocycles. The first kappa shape index (κ1) is 13.4. The van der Waals surface area contributed by atoms with Gasteiger partial charge in [-0.05, 0) is 32.4 Å². The summed E-state index contributed by atoms with van der Waals surface area (Å²) in [5.74, 6) is -1.23. The molecule has 102 valence electrons. The molecular formula is C12H14FN3O3. The van der Waals surface area contributed by atoms with Gasteiger partial charge in [0, 0.05) is 17.8 Å². The molecule has 1 heterocycles. The summed E-state index contributed by atoms with van der Waals surface area (Å²) in [6.07, 6.45) is 1.60. The van der Waals surface area contributed by atoms with Crippen LogP contribution >= 0.6 is 0 Å². The zero-order chi connectivity index (χ0) is 14.0. The third-order valence-electron chi connectivity index (χ3n) is 3.27. The van der Waals surface area contributed by atoms with Crippen molar-refractivity contribution in [1.29, 1.82) is 0 Å². The van der Waals surface area contributed by atoms with Gasteiger partial charge in [-0.3, -0.25) is 14.9 Å². The minimum Gasteiger partial charge on any atom is -0.324 e.